The predicted molar refractivity (Wildman–Crippen MR) is 139 cm³/mol. The number of aliphatic hydroxyl groups excluding tert-OH is 1. The van der Waals surface area contributed by atoms with E-state index in [1.54, 1.807) is 6.92 Å². The third-order valence-electron chi connectivity index (χ3n) is 6.30. The number of amides is 1. The second-order valence-corrected chi connectivity index (χ2v) is 10.7. The number of nitrogens with one attached hydrogen (secondary N) is 1. The number of carboxylic acid groups (broad SMARTS) is 1. The van der Waals surface area contributed by atoms with Crippen molar-refractivity contribution in [3.05, 3.63) is 63.9 Å². The lowest BCUT2D eigenvalue weighted by molar-refractivity contribution is -0.137. The van der Waals surface area contributed by atoms with Crippen LogP contribution in [0.1, 0.15) is 43.2 Å². The fraction of sp³-hybridized carbons (Fsp3) is 0.462. The van der Waals surface area contributed by atoms with Crippen molar-refractivity contribution in [2.45, 2.75) is 44.4 Å². The molecule has 0 aromatic heterocycles. The number of aliphatic hydroxyl groups is 1. The first-order valence-electron chi connectivity index (χ1n) is 11.6. The van der Waals surface area contributed by atoms with Crippen LogP contribution in [0.25, 0.3) is 0 Å². The lowest BCUT2D eigenvalue weighted by Crippen LogP contribution is -2.38. The number of hydrogen-bond donors (Lipinski definition) is 3. The summed E-state index contributed by atoms with van der Waals surface area (Å²) in [6.07, 6.45) is -3.53. The summed E-state index contributed by atoms with van der Waals surface area (Å²) in [5.41, 5.74) is -1.04. The smallest absolute Gasteiger partial charge is 0.416 e. The molecule has 0 bridgehead atoms. The lowest BCUT2D eigenvalue weighted by Gasteiger charge is -2.36. The van der Waals surface area contributed by atoms with E-state index in [9.17, 15) is 27.5 Å². The van der Waals surface area contributed by atoms with Gasteiger partial charge in [-0.15, -0.1) is 11.6 Å². The predicted octanol–water partition coefficient (Wildman–Crippen LogP) is 6.45. The highest BCUT2D eigenvalue weighted by Gasteiger charge is 2.36. The Morgan fingerprint density at radius 3 is 2.34 bits per heavy atom. The van der Waals surface area contributed by atoms with Crippen LogP contribution in [-0.2, 0) is 20.5 Å². The van der Waals surface area contributed by atoms with Crippen molar-refractivity contribution < 1.29 is 42.1 Å². The minimum atomic E-state index is -4.68. The largest absolute Gasteiger partial charge is 0.483 e. The van der Waals surface area contributed by atoms with Crippen LogP contribution in [0.15, 0.2) is 46.9 Å². The molecule has 1 aliphatic carbocycles. The third-order valence-corrected chi connectivity index (χ3v) is 7.48. The molecule has 38 heavy (non-hydrogen) atoms. The number of alkyl halides is 4. The summed E-state index contributed by atoms with van der Waals surface area (Å²) in [7, 11) is 0. The quantitative estimate of drug-likeness (QED) is 0.178. The molecule has 0 saturated heterocycles. The van der Waals surface area contributed by atoms with Crippen molar-refractivity contribution in [1.29, 1.82) is 0 Å². The molecule has 0 aliphatic heterocycles. The maximum absolute atomic E-state index is 14.3. The van der Waals surface area contributed by atoms with Crippen LogP contribution in [0.2, 0.25) is 0 Å². The van der Waals surface area contributed by atoms with Gasteiger partial charge in [0.05, 0.1) is 30.6 Å². The number of halogens is 6. The van der Waals surface area contributed by atoms with E-state index in [2.05, 4.69) is 21.2 Å². The van der Waals surface area contributed by atoms with E-state index >= 15 is 0 Å². The minimum Gasteiger partial charge on any atom is -0.483 e. The van der Waals surface area contributed by atoms with Crippen molar-refractivity contribution in [3.8, 4) is 0 Å². The van der Waals surface area contributed by atoms with Gasteiger partial charge in [-0.05, 0) is 61.1 Å². The maximum atomic E-state index is 14.3. The number of ether oxygens (including phenoxy) is 1. The van der Waals surface area contributed by atoms with Crippen molar-refractivity contribution in [1.82, 2.24) is 0 Å². The molecule has 2 aromatic rings. The number of carbonyl (C=O) groups excluding carboxylic acids is 1. The molecule has 6 nitrogen and oxygen atoms in total. The average Bonchev–Trinajstić information content (AvgIpc) is 2.88. The number of rotatable bonds is 8. The highest BCUT2D eigenvalue weighted by atomic mass is 79.9. The number of benzene rings is 2. The summed E-state index contributed by atoms with van der Waals surface area (Å²) >= 11 is 9.38. The normalized spacial score (nSPS) is 21.0. The van der Waals surface area contributed by atoms with Crippen LogP contribution < -0.4 is 5.32 Å². The van der Waals surface area contributed by atoms with E-state index in [0.29, 0.717) is 25.3 Å². The van der Waals surface area contributed by atoms with Gasteiger partial charge in [0.1, 0.15) is 5.82 Å². The molecular weight excluding hydrogens is 598 g/mol. The Kier molecular flexibility index (Phi) is 12.0. The molecule has 12 heteroatoms. The molecule has 1 aliphatic rings. The first-order valence-corrected chi connectivity index (χ1v) is 13.0. The Morgan fingerprint density at radius 2 is 1.82 bits per heavy atom. The first-order chi connectivity index (χ1) is 17.9. The molecule has 2 aromatic carbocycles. The molecule has 1 fully saturated rings. The Hall–Kier alpha value is -2.21. The summed E-state index contributed by atoms with van der Waals surface area (Å²) in [6.45, 7) is 1.59. The van der Waals surface area contributed by atoms with Gasteiger partial charge < -0.3 is 20.3 Å². The monoisotopic (exact) mass is 625 g/mol. The summed E-state index contributed by atoms with van der Waals surface area (Å²) in [4.78, 5) is 21.4. The zero-order valence-electron chi connectivity index (χ0n) is 20.5. The van der Waals surface area contributed by atoms with Crippen LogP contribution in [0.5, 0.6) is 0 Å². The molecular formula is C26H29BrClF4NO5. The summed E-state index contributed by atoms with van der Waals surface area (Å²) in [5, 5.41) is 19.0. The first kappa shape index (κ1) is 32.0. The van der Waals surface area contributed by atoms with Gasteiger partial charge in [-0.1, -0.05) is 35.0 Å². The Labute approximate surface area is 231 Å². The molecule has 0 radical (unpaired) electrons. The van der Waals surface area contributed by atoms with E-state index < -0.39 is 34.8 Å². The fourth-order valence-electron chi connectivity index (χ4n) is 4.10. The number of carbonyl (C=O) groups is 2. The highest BCUT2D eigenvalue weighted by molar-refractivity contribution is 9.10. The summed E-state index contributed by atoms with van der Waals surface area (Å²) in [5.74, 6) is -2.01. The van der Waals surface area contributed by atoms with Crippen LogP contribution in [0.4, 0.5) is 23.2 Å². The second kappa shape index (κ2) is 14.3. The lowest BCUT2D eigenvalue weighted by atomic mass is 9.76. The van der Waals surface area contributed by atoms with Crippen molar-refractivity contribution >= 4 is 45.6 Å². The van der Waals surface area contributed by atoms with E-state index in [-0.39, 0.29) is 43.3 Å². The van der Waals surface area contributed by atoms with Gasteiger partial charge >= 0.3 is 6.18 Å². The van der Waals surface area contributed by atoms with Gasteiger partial charge in [-0.2, -0.15) is 13.2 Å². The molecule has 0 spiro atoms. The third kappa shape index (κ3) is 9.21. The molecule has 1 amide bonds. The summed E-state index contributed by atoms with van der Waals surface area (Å²) in [6, 6.07) is 9.75. The van der Waals surface area contributed by atoms with Crippen molar-refractivity contribution in [2.24, 2.45) is 11.3 Å². The molecule has 3 rings (SSSR count). The summed E-state index contributed by atoms with van der Waals surface area (Å²) < 4.78 is 59.8. The van der Waals surface area contributed by atoms with Crippen LogP contribution in [0, 0.1) is 17.2 Å². The number of hydrogen-bond acceptors (Lipinski definition) is 4. The maximum Gasteiger partial charge on any atom is 0.416 e. The van der Waals surface area contributed by atoms with E-state index in [4.69, 9.17) is 26.2 Å². The minimum absolute atomic E-state index is 0.0218. The van der Waals surface area contributed by atoms with Crippen LogP contribution in [0.3, 0.4) is 0 Å². The zero-order valence-corrected chi connectivity index (χ0v) is 22.8. The standard InChI is InChI=1S/C25H27BrClF4NO3.CH2O2/c1-24(12-27,13-33)14-35-20-9-16(15-2-5-19(26)6-3-15)8-17(10-20)23(34)32-22-7-4-18(11-21(22)28)25(29,30)31;2-1-3/h2-7,11,16-17,20,33H,8-10,12-14H2,1H3,(H,32,34);1H,(H,2,3). The highest BCUT2D eigenvalue weighted by Crippen LogP contribution is 2.39. The van der Waals surface area contributed by atoms with Crippen molar-refractivity contribution in [2.75, 3.05) is 24.4 Å². The second-order valence-electron chi connectivity index (χ2n) is 9.47. The molecule has 1 saturated carbocycles. The van der Waals surface area contributed by atoms with Gasteiger partial charge in [0.2, 0.25) is 5.91 Å². The van der Waals surface area contributed by atoms with Gasteiger partial charge in [0, 0.05) is 21.7 Å². The van der Waals surface area contributed by atoms with Gasteiger partial charge in [-0.3, -0.25) is 9.59 Å². The Balaban J connectivity index is 0.00000161. The van der Waals surface area contributed by atoms with Crippen molar-refractivity contribution in [3.63, 3.8) is 0 Å². The van der Waals surface area contributed by atoms with Crippen LogP contribution in [-0.4, -0.2) is 47.8 Å². The van der Waals surface area contributed by atoms with E-state index in [0.717, 1.165) is 22.2 Å². The van der Waals surface area contributed by atoms with Gasteiger partial charge in [0.15, 0.2) is 0 Å². The van der Waals surface area contributed by atoms with E-state index in [1.807, 2.05) is 24.3 Å². The van der Waals surface area contributed by atoms with E-state index in [1.165, 1.54) is 0 Å². The molecule has 4 unspecified atom stereocenters. The zero-order chi connectivity index (χ0) is 28.5. The van der Waals surface area contributed by atoms with Gasteiger partial charge in [0.25, 0.3) is 6.47 Å². The molecule has 210 valence electrons. The van der Waals surface area contributed by atoms with Gasteiger partial charge in [-0.25, -0.2) is 4.39 Å². The number of anilines is 1. The SMILES string of the molecule is CC(CO)(CCl)COC1CC(C(=O)Nc2ccc(C(F)(F)F)cc2F)CC(c2ccc(Br)cc2)C1.O=CO. The molecule has 4 atom stereocenters. The molecule has 3 N–H and O–H groups in total. The Morgan fingerprint density at radius 1 is 1.18 bits per heavy atom. The Bertz CT molecular complexity index is 1070. The molecule has 0 heterocycles. The fourth-order valence-corrected chi connectivity index (χ4v) is 4.52. The van der Waals surface area contributed by atoms with Crippen LogP contribution >= 0.6 is 27.5 Å². The topological polar surface area (TPSA) is 95.9 Å². The average molecular weight is 627 g/mol.